The maximum absolute atomic E-state index is 6.39. The molecule has 17 heavy (non-hydrogen) atoms. The molecule has 1 fully saturated rings. The maximum Gasteiger partial charge on any atom is 0.0834 e. The van der Waals surface area contributed by atoms with Crippen LogP contribution >= 0.6 is 11.6 Å². The smallest absolute Gasteiger partial charge is 0.0834 e. The highest BCUT2D eigenvalue weighted by Gasteiger charge is 2.31. The second-order valence-corrected chi connectivity index (χ2v) is 5.47. The van der Waals surface area contributed by atoms with Crippen molar-refractivity contribution in [2.45, 2.75) is 52.1 Å². The molecule has 0 aliphatic heterocycles. The summed E-state index contributed by atoms with van der Waals surface area (Å²) in [5.41, 5.74) is 7.42. The van der Waals surface area contributed by atoms with Gasteiger partial charge in [-0.15, -0.1) is 0 Å². The minimum atomic E-state index is 0.0431. The Morgan fingerprint density at radius 1 is 1.53 bits per heavy atom. The zero-order valence-electron chi connectivity index (χ0n) is 10.7. The Hall–Kier alpha value is -0.540. The molecule has 1 saturated carbocycles. The van der Waals surface area contributed by atoms with E-state index in [-0.39, 0.29) is 6.04 Å². The molecular formula is C13H22ClN3. The quantitative estimate of drug-likeness (QED) is 0.896. The van der Waals surface area contributed by atoms with Crippen molar-refractivity contribution in [2.24, 2.45) is 17.6 Å². The van der Waals surface area contributed by atoms with E-state index >= 15 is 0 Å². The maximum atomic E-state index is 6.39. The summed E-state index contributed by atoms with van der Waals surface area (Å²) in [6, 6.07) is 0.0431. The van der Waals surface area contributed by atoms with Crippen LogP contribution in [0.15, 0.2) is 6.20 Å². The summed E-state index contributed by atoms with van der Waals surface area (Å²) in [7, 11) is 0. The number of nitrogens with two attached hydrogens (primary N) is 1. The molecule has 3 nitrogen and oxygen atoms in total. The highest BCUT2D eigenvalue weighted by molar-refractivity contribution is 6.31. The van der Waals surface area contributed by atoms with Crippen LogP contribution in [0.3, 0.4) is 0 Å². The molecular weight excluding hydrogens is 234 g/mol. The van der Waals surface area contributed by atoms with Crippen molar-refractivity contribution < 1.29 is 0 Å². The minimum absolute atomic E-state index is 0.0431. The van der Waals surface area contributed by atoms with E-state index in [9.17, 15) is 0 Å². The van der Waals surface area contributed by atoms with E-state index in [0.717, 1.165) is 23.2 Å². The Kier molecular flexibility index (Phi) is 4.10. The van der Waals surface area contributed by atoms with E-state index in [2.05, 4.69) is 18.9 Å². The van der Waals surface area contributed by atoms with Crippen LogP contribution in [-0.2, 0) is 6.54 Å². The predicted molar refractivity (Wildman–Crippen MR) is 71.0 cm³/mol. The summed E-state index contributed by atoms with van der Waals surface area (Å²) < 4.78 is 1.94. The largest absolute Gasteiger partial charge is 0.322 e. The van der Waals surface area contributed by atoms with Crippen molar-refractivity contribution in [1.29, 1.82) is 0 Å². The Labute approximate surface area is 108 Å². The Balaban J connectivity index is 2.14. The molecule has 1 heterocycles. The molecule has 0 spiro atoms. The molecule has 3 atom stereocenters. The number of hydrogen-bond donors (Lipinski definition) is 1. The summed E-state index contributed by atoms with van der Waals surface area (Å²) in [6.45, 7) is 5.17. The van der Waals surface area contributed by atoms with E-state index in [0.29, 0.717) is 5.92 Å². The average Bonchev–Trinajstić information content (AvgIpc) is 2.94. The number of hydrogen-bond acceptors (Lipinski definition) is 2. The van der Waals surface area contributed by atoms with Gasteiger partial charge in [0.2, 0.25) is 0 Å². The fourth-order valence-corrected chi connectivity index (χ4v) is 3.26. The van der Waals surface area contributed by atoms with Crippen molar-refractivity contribution in [3.8, 4) is 0 Å². The highest BCUT2D eigenvalue weighted by Crippen LogP contribution is 2.40. The van der Waals surface area contributed by atoms with Gasteiger partial charge in [-0.05, 0) is 31.6 Å². The molecule has 0 saturated heterocycles. The van der Waals surface area contributed by atoms with Gasteiger partial charge in [-0.25, -0.2) is 0 Å². The van der Waals surface area contributed by atoms with E-state index in [4.69, 9.17) is 17.3 Å². The molecule has 1 aliphatic rings. The van der Waals surface area contributed by atoms with E-state index in [1.807, 2.05) is 4.68 Å². The zero-order valence-corrected chi connectivity index (χ0v) is 11.5. The fraction of sp³-hybridized carbons (Fsp3) is 0.769. The van der Waals surface area contributed by atoms with Crippen LogP contribution in [0.25, 0.3) is 0 Å². The van der Waals surface area contributed by atoms with Gasteiger partial charge in [0, 0.05) is 6.54 Å². The van der Waals surface area contributed by atoms with Gasteiger partial charge in [0.25, 0.3) is 0 Å². The summed E-state index contributed by atoms with van der Waals surface area (Å²) in [4.78, 5) is 0. The molecule has 0 amide bonds. The first-order valence-electron chi connectivity index (χ1n) is 6.64. The lowest BCUT2D eigenvalue weighted by atomic mass is 9.94. The van der Waals surface area contributed by atoms with Crippen molar-refractivity contribution in [2.75, 3.05) is 0 Å². The monoisotopic (exact) mass is 255 g/mol. The van der Waals surface area contributed by atoms with Crippen LogP contribution in [-0.4, -0.2) is 9.78 Å². The summed E-state index contributed by atoms with van der Waals surface area (Å²) in [5.74, 6) is 1.42. The summed E-state index contributed by atoms with van der Waals surface area (Å²) in [6.07, 6.45) is 6.76. The first-order valence-corrected chi connectivity index (χ1v) is 7.01. The van der Waals surface area contributed by atoms with Crippen molar-refractivity contribution in [3.63, 3.8) is 0 Å². The number of aromatic nitrogens is 2. The molecule has 0 aromatic carbocycles. The van der Waals surface area contributed by atoms with Crippen LogP contribution in [0, 0.1) is 11.8 Å². The number of rotatable bonds is 4. The highest BCUT2D eigenvalue weighted by atomic mass is 35.5. The van der Waals surface area contributed by atoms with Crippen LogP contribution < -0.4 is 5.73 Å². The van der Waals surface area contributed by atoms with Crippen LogP contribution in [0.4, 0.5) is 0 Å². The van der Waals surface area contributed by atoms with Crippen LogP contribution in [0.1, 0.15) is 51.3 Å². The third kappa shape index (κ3) is 2.50. The number of halogens is 1. The van der Waals surface area contributed by atoms with Gasteiger partial charge in [0.05, 0.1) is 23.0 Å². The van der Waals surface area contributed by atoms with Crippen molar-refractivity contribution in [3.05, 3.63) is 16.9 Å². The zero-order chi connectivity index (χ0) is 12.4. The molecule has 1 aliphatic carbocycles. The molecule has 2 rings (SSSR count). The molecule has 4 heteroatoms. The van der Waals surface area contributed by atoms with Gasteiger partial charge in [-0.1, -0.05) is 31.4 Å². The molecule has 2 N–H and O–H groups in total. The summed E-state index contributed by atoms with van der Waals surface area (Å²) >= 11 is 6.20. The predicted octanol–water partition coefficient (Wildman–Crippen LogP) is 3.38. The molecule has 1 aromatic heterocycles. The topological polar surface area (TPSA) is 43.8 Å². The SMILES string of the molecule is CCC1CCC(C(N)c2c(Cl)cnn2CC)C1. The van der Waals surface area contributed by atoms with Gasteiger partial charge >= 0.3 is 0 Å². The first-order chi connectivity index (χ1) is 8.17. The fourth-order valence-electron chi connectivity index (χ4n) is 2.99. The Morgan fingerprint density at radius 3 is 2.88 bits per heavy atom. The van der Waals surface area contributed by atoms with Gasteiger partial charge in [-0.2, -0.15) is 5.10 Å². The molecule has 96 valence electrons. The normalized spacial score (nSPS) is 26.4. The molecule has 3 unspecified atom stereocenters. The van der Waals surface area contributed by atoms with Gasteiger partial charge in [0.1, 0.15) is 0 Å². The second-order valence-electron chi connectivity index (χ2n) is 5.07. The van der Waals surface area contributed by atoms with Gasteiger partial charge < -0.3 is 5.73 Å². The van der Waals surface area contributed by atoms with Gasteiger partial charge in [-0.3, -0.25) is 4.68 Å². The summed E-state index contributed by atoms with van der Waals surface area (Å²) in [5, 5.41) is 4.99. The standard InChI is InChI=1S/C13H22ClN3/c1-3-9-5-6-10(7-9)12(15)13-11(14)8-16-17(13)4-2/h8-10,12H,3-7,15H2,1-2H3. The second kappa shape index (κ2) is 5.40. The van der Waals surface area contributed by atoms with Gasteiger partial charge in [0.15, 0.2) is 0 Å². The molecule has 1 aromatic rings. The third-order valence-corrected chi connectivity index (χ3v) is 4.41. The number of aryl methyl sites for hydroxylation is 1. The van der Waals surface area contributed by atoms with E-state index in [1.54, 1.807) is 6.20 Å². The Morgan fingerprint density at radius 2 is 2.29 bits per heavy atom. The molecule has 0 bridgehead atoms. The number of nitrogens with zero attached hydrogens (tertiary/aromatic N) is 2. The van der Waals surface area contributed by atoms with Crippen LogP contribution in [0.2, 0.25) is 5.02 Å². The minimum Gasteiger partial charge on any atom is -0.322 e. The lowest BCUT2D eigenvalue weighted by Crippen LogP contribution is -2.23. The third-order valence-electron chi connectivity index (χ3n) is 4.12. The van der Waals surface area contributed by atoms with E-state index < -0.39 is 0 Å². The lowest BCUT2D eigenvalue weighted by Gasteiger charge is -2.21. The van der Waals surface area contributed by atoms with Crippen molar-refractivity contribution >= 4 is 11.6 Å². The Bertz CT molecular complexity index is 375. The molecule has 0 radical (unpaired) electrons. The first kappa shape index (κ1) is 12.9. The lowest BCUT2D eigenvalue weighted by molar-refractivity contribution is 0.395. The van der Waals surface area contributed by atoms with Crippen molar-refractivity contribution in [1.82, 2.24) is 9.78 Å². The van der Waals surface area contributed by atoms with E-state index in [1.165, 1.54) is 25.7 Å². The average molecular weight is 256 g/mol. The van der Waals surface area contributed by atoms with Crippen LogP contribution in [0.5, 0.6) is 0 Å².